The number of allylic oxidation sites excluding steroid dienone is 2. The van der Waals surface area contributed by atoms with Gasteiger partial charge in [0.05, 0.1) is 40.3 Å². The number of esters is 2. The lowest BCUT2D eigenvalue weighted by atomic mass is 10.1. The Labute approximate surface area is 212 Å². The van der Waals surface area contributed by atoms with E-state index in [1.807, 2.05) is 6.92 Å². The summed E-state index contributed by atoms with van der Waals surface area (Å²) in [5.74, 6) is -1.82. The molecule has 0 saturated heterocycles. The van der Waals surface area contributed by atoms with Gasteiger partial charge in [-0.05, 0) is 32.1 Å². The van der Waals surface area contributed by atoms with E-state index in [-0.39, 0.29) is 42.7 Å². The third kappa shape index (κ3) is 19.0. The summed E-state index contributed by atoms with van der Waals surface area (Å²) in [5.41, 5.74) is 0. The summed E-state index contributed by atoms with van der Waals surface area (Å²) in [6.45, 7) is 4.18. The summed E-state index contributed by atoms with van der Waals surface area (Å²) in [5, 5.41) is 11.4. The van der Waals surface area contributed by atoms with Crippen molar-refractivity contribution in [2.75, 3.05) is 41.0 Å². The molecule has 2 unspecified atom stereocenters. The Kier molecular flexibility index (Phi) is 19.2. The smallest absolute Gasteiger partial charge is 0.306 e. The predicted molar refractivity (Wildman–Crippen MR) is 134 cm³/mol. The Morgan fingerprint density at radius 3 is 2.11 bits per heavy atom. The highest BCUT2D eigenvalue weighted by molar-refractivity contribution is 5.70. The number of aliphatic carboxylic acids is 1. The van der Waals surface area contributed by atoms with Gasteiger partial charge in [0.25, 0.3) is 0 Å². The van der Waals surface area contributed by atoms with Crippen LogP contribution in [0.1, 0.15) is 90.9 Å². The molecular formula is C27H49NO7. The number of carboxylic acid groups (broad SMARTS) is 1. The van der Waals surface area contributed by atoms with Gasteiger partial charge in [0.1, 0.15) is 12.6 Å². The molecule has 204 valence electrons. The molecule has 0 aliphatic heterocycles. The fourth-order valence-electron chi connectivity index (χ4n) is 3.52. The minimum Gasteiger partial charge on any atom is -0.544 e. The van der Waals surface area contributed by atoms with Crippen molar-refractivity contribution in [3.63, 3.8) is 0 Å². The van der Waals surface area contributed by atoms with E-state index in [1.54, 1.807) is 21.1 Å². The third-order valence-corrected chi connectivity index (χ3v) is 5.60. The van der Waals surface area contributed by atoms with E-state index >= 15 is 0 Å². The Bertz CT molecular complexity index is 613. The zero-order chi connectivity index (χ0) is 26.5. The number of quaternary nitrogens is 1. The second kappa shape index (κ2) is 20.3. The Morgan fingerprint density at radius 1 is 0.829 bits per heavy atom. The molecule has 8 nitrogen and oxygen atoms in total. The van der Waals surface area contributed by atoms with Crippen molar-refractivity contribution in [1.29, 1.82) is 0 Å². The maximum atomic E-state index is 12.3. The maximum Gasteiger partial charge on any atom is 0.306 e. The number of carbonyl (C=O) groups is 3. The Morgan fingerprint density at radius 2 is 1.49 bits per heavy atom. The van der Waals surface area contributed by atoms with Crippen LogP contribution in [-0.2, 0) is 28.6 Å². The standard InChI is InChI=1S/C27H49NO7/c1-6-8-9-10-11-12-13-14-15-16-18-26(30)35-23(22-34-25(29)17-7-2)21-33-20-19-24(27(31)32)28(3,4)5/h9-10,23-24H,6-8,11-22H2,1-5H3/b10-9-. The van der Waals surface area contributed by atoms with Gasteiger partial charge in [-0.15, -0.1) is 0 Å². The molecule has 8 heteroatoms. The van der Waals surface area contributed by atoms with Crippen molar-refractivity contribution >= 4 is 17.9 Å². The van der Waals surface area contributed by atoms with Crippen molar-refractivity contribution in [3.8, 4) is 0 Å². The van der Waals surface area contributed by atoms with E-state index in [1.165, 1.54) is 12.8 Å². The first-order chi connectivity index (χ1) is 16.6. The van der Waals surface area contributed by atoms with Crippen LogP contribution < -0.4 is 5.11 Å². The molecule has 0 rings (SSSR count). The minimum atomic E-state index is -1.13. The van der Waals surface area contributed by atoms with E-state index in [0.29, 0.717) is 19.3 Å². The highest BCUT2D eigenvalue weighted by Gasteiger charge is 2.25. The maximum absolute atomic E-state index is 12.3. The molecule has 35 heavy (non-hydrogen) atoms. The van der Waals surface area contributed by atoms with Crippen LogP contribution in [-0.4, -0.2) is 75.5 Å². The lowest BCUT2D eigenvalue weighted by Crippen LogP contribution is -2.55. The average molecular weight is 500 g/mol. The van der Waals surface area contributed by atoms with E-state index in [4.69, 9.17) is 14.2 Å². The fourth-order valence-corrected chi connectivity index (χ4v) is 3.52. The number of unbranched alkanes of at least 4 members (excludes halogenated alkanes) is 6. The summed E-state index contributed by atoms with van der Waals surface area (Å²) >= 11 is 0. The van der Waals surface area contributed by atoms with Gasteiger partial charge in [0, 0.05) is 19.3 Å². The first-order valence-electron chi connectivity index (χ1n) is 13.2. The predicted octanol–water partition coefficient (Wildman–Crippen LogP) is 3.56. The van der Waals surface area contributed by atoms with Crippen LogP contribution in [0.25, 0.3) is 0 Å². The molecule has 0 N–H and O–H groups in total. The quantitative estimate of drug-likeness (QED) is 0.0971. The van der Waals surface area contributed by atoms with E-state index in [2.05, 4.69) is 19.1 Å². The van der Waals surface area contributed by atoms with Gasteiger partial charge >= 0.3 is 11.9 Å². The molecule has 0 aliphatic rings. The minimum absolute atomic E-state index is 0.0353. The van der Waals surface area contributed by atoms with Crippen LogP contribution >= 0.6 is 0 Å². The van der Waals surface area contributed by atoms with Crippen molar-refractivity contribution in [2.24, 2.45) is 0 Å². The van der Waals surface area contributed by atoms with Crippen LogP contribution in [0.3, 0.4) is 0 Å². The third-order valence-electron chi connectivity index (χ3n) is 5.60. The summed E-state index contributed by atoms with van der Waals surface area (Å²) in [6, 6.07) is -0.717. The first-order valence-corrected chi connectivity index (χ1v) is 13.2. The summed E-state index contributed by atoms with van der Waals surface area (Å²) < 4.78 is 16.5. The lowest BCUT2D eigenvalue weighted by Gasteiger charge is -2.34. The van der Waals surface area contributed by atoms with Gasteiger partial charge in [0.2, 0.25) is 0 Å². The van der Waals surface area contributed by atoms with Gasteiger partial charge in [-0.2, -0.15) is 0 Å². The molecule has 0 amide bonds. The highest BCUT2D eigenvalue weighted by Crippen LogP contribution is 2.11. The van der Waals surface area contributed by atoms with Crippen LogP contribution in [0.5, 0.6) is 0 Å². The van der Waals surface area contributed by atoms with Gasteiger partial charge in [0.15, 0.2) is 6.10 Å². The second-order valence-corrected chi connectivity index (χ2v) is 9.93. The SMILES string of the molecule is CCC/C=C\CCCCCCCC(=O)OC(COCCC(C(=O)[O-])[N+](C)(C)C)COC(=O)CCC. The number of rotatable bonds is 22. The van der Waals surface area contributed by atoms with Gasteiger partial charge in [-0.3, -0.25) is 9.59 Å². The van der Waals surface area contributed by atoms with E-state index in [9.17, 15) is 19.5 Å². The van der Waals surface area contributed by atoms with Gasteiger partial charge in [-0.25, -0.2) is 0 Å². The number of carbonyl (C=O) groups excluding carboxylic acids is 3. The molecule has 0 radical (unpaired) electrons. The molecule has 0 fully saturated rings. The van der Waals surface area contributed by atoms with Crippen molar-refractivity contribution < 1.29 is 38.2 Å². The molecule has 0 aromatic heterocycles. The number of hydrogen-bond acceptors (Lipinski definition) is 7. The second-order valence-electron chi connectivity index (χ2n) is 9.93. The fraction of sp³-hybridized carbons (Fsp3) is 0.815. The molecule has 0 aliphatic carbocycles. The number of carboxylic acids is 1. The number of nitrogens with zero attached hydrogens (tertiary/aromatic N) is 1. The molecule has 2 atom stereocenters. The topological polar surface area (TPSA) is 102 Å². The van der Waals surface area contributed by atoms with Crippen molar-refractivity contribution in [2.45, 2.75) is 103 Å². The molecule has 0 spiro atoms. The monoisotopic (exact) mass is 499 g/mol. The van der Waals surface area contributed by atoms with Crippen molar-refractivity contribution in [3.05, 3.63) is 12.2 Å². The summed E-state index contributed by atoms with van der Waals surface area (Å²) in [4.78, 5) is 35.4. The van der Waals surface area contributed by atoms with E-state index < -0.39 is 18.1 Å². The van der Waals surface area contributed by atoms with Crippen LogP contribution in [0.2, 0.25) is 0 Å². The summed E-state index contributed by atoms with van der Waals surface area (Å²) in [6.07, 6.45) is 13.9. The largest absolute Gasteiger partial charge is 0.544 e. The Hall–Kier alpha value is -1.93. The molecule has 0 aromatic carbocycles. The van der Waals surface area contributed by atoms with Gasteiger partial charge in [-0.1, -0.05) is 51.7 Å². The molecule has 0 heterocycles. The molecule has 0 saturated carbocycles. The van der Waals surface area contributed by atoms with Gasteiger partial charge < -0.3 is 28.6 Å². The molecular weight excluding hydrogens is 450 g/mol. The Balaban J connectivity index is 4.38. The lowest BCUT2D eigenvalue weighted by molar-refractivity contribution is -0.889. The number of ether oxygens (including phenoxy) is 3. The summed E-state index contributed by atoms with van der Waals surface area (Å²) in [7, 11) is 5.34. The first kappa shape index (κ1) is 33.1. The normalized spacial score (nSPS) is 13.5. The molecule has 0 aromatic rings. The van der Waals surface area contributed by atoms with Crippen LogP contribution in [0.4, 0.5) is 0 Å². The number of likely N-dealkylation sites (N-methyl/N-ethyl adjacent to an activating group) is 1. The zero-order valence-electron chi connectivity index (χ0n) is 22.7. The molecule has 0 bridgehead atoms. The van der Waals surface area contributed by atoms with Crippen LogP contribution in [0.15, 0.2) is 12.2 Å². The highest BCUT2D eigenvalue weighted by atomic mass is 16.6. The zero-order valence-corrected chi connectivity index (χ0v) is 22.7. The van der Waals surface area contributed by atoms with Crippen LogP contribution in [0, 0.1) is 0 Å². The number of hydrogen-bond donors (Lipinski definition) is 0. The van der Waals surface area contributed by atoms with E-state index in [0.717, 1.165) is 38.5 Å². The average Bonchev–Trinajstić information content (AvgIpc) is 2.77. The van der Waals surface area contributed by atoms with Crippen molar-refractivity contribution in [1.82, 2.24) is 0 Å².